The summed E-state index contributed by atoms with van der Waals surface area (Å²) in [4.78, 5) is 22.7. The van der Waals surface area contributed by atoms with Crippen LogP contribution in [0.3, 0.4) is 0 Å². The first-order valence-electron chi connectivity index (χ1n) is 7.84. The van der Waals surface area contributed by atoms with Crippen LogP contribution in [-0.2, 0) is 0 Å². The third-order valence-electron chi connectivity index (χ3n) is 3.39. The fraction of sp³-hybridized carbons (Fsp3) is 0.222. The molecule has 0 fully saturated rings. The minimum absolute atomic E-state index is 0.0308. The zero-order chi connectivity index (χ0) is 18.2. The molecule has 0 aromatic heterocycles. The van der Waals surface area contributed by atoms with E-state index in [2.05, 4.69) is 10.5 Å². The Morgan fingerprint density at radius 3 is 2.72 bits per heavy atom. The molecular formula is C18H19N3O4. The number of para-hydroxylation sites is 1. The number of amides is 1. The van der Waals surface area contributed by atoms with Gasteiger partial charge >= 0.3 is 0 Å². The fourth-order valence-electron chi connectivity index (χ4n) is 2.10. The quantitative estimate of drug-likeness (QED) is 0.473. The molecule has 2 aromatic carbocycles. The van der Waals surface area contributed by atoms with Crippen LogP contribution in [0.4, 0.5) is 5.69 Å². The number of ether oxygens (including phenoxy) is 1. The van der Waals surface area contributed by atoms with Crippen molar-refractivity contribution in [3.05, 3.63) is 69.8 Å². The lowest BCUT2D eigenvalue weighted by Crippen LogP contribution is -2.20. The van der Waals surface area contributed by atoms with Gasteiger partial charge in [0.05, 0.1) is 22.8 Å². The highest BCUT2D eigenvalue weighted by Crippen LogP contribution is 2.18. The molecule has 0 unspecified atom stereocenters. The first kappa shape index (κ1) is 18.1. The third kappa shape index (κ3) is 4.87. The average molecular weight is 341 g/mol. The lowest BCUT2D eigenvalue weighted by Gasteiger charge is -2.09. The highest BCUT2D eigenvalue weighted by molar-refractivity contribution is 6.01. The van der Waals surface area contributed by atoms with E-state index in [0.717, 1.165) is 6.42 Å². The Balaban J connectivity index is 2.14. The summed E-state index contributed by atoms with van der Waals surface area (Å²) >= 11 is 0. The number of hydrazone groups is 1. The molecule has 0 aliphatic rings. The van der Waals surface area contributed by atoms with Crippen molar-refractivity contribution in [2.75, 3.05) is 6.61 Å². The summed E-state index contributed by atoms with van der Waals surface area (Å²) in [5, 5.41) is 14.9. The number of nitro groups is 1. The van der Waals surface area contributed by atoms with Gasteiger partial charge in [-0.1, -0.05) is 31.2 Å². The molecule has 1 amide bonds. The molecule has 25 heavy (non-hydrogen) atoms. The highest BCUT2D eigenvalue weighted by Gasteiger charge is 2.12. The molecule has 0 bridgehead atoms. The predicted octanol–water partition coefficient (Wildman–Crippen LogP) is 3.54. The molecule has 0 aliphatic heterocycles. The van der Waals surface area contributed by atoms with E-state index in [4.69, 9.17) is 4.74 Å². The summed E-state index contributed by atoms with van der Waals surface area (Å²) in [7, 11) is 0. The Morgan fingerprint density at radius 1 is 1.24 bits per heavy atom. The predicted molar refractivity (Wildman–Crippen MR) is 95.0 cm³/mol. The van der Waals surface area contributed by atoms with Crippen LogP contribution in [0.2, 0.25) is 0 Å². The van der Waals surface area contributed by atoms with Crippen molar-refractivity contribution in [1.29, 1.82) is 0 Å². The number of carbonyl (C=O) groups is 1. The Hall–Kier alpha value is -3.22. The second kappa shape index (κ2) is 8.58. The summed E-state index contributed by atoms with van der Waals surface area (Å²) < 4.78 is 5.56. The summed E-state index contributed by atoms with van der Waals surface area (Å²) in [6.07, 6.45) is 0.833. The van der Waals surface area contributed by atoms with Crippen LogP contribution in [-0.4, -0.2) is 23.1 Å². The maximum Gasteiger partial charge on any atom is 0.275 e. The molecule has 0 heterocycles. The largest absolute Gasteiger partial charge is 0.493 e. The van der Waals surface area contributed by atoms with Crippen LogP contribution in [0.1, 0.15) is 36.2 Å². The van der Waals surface area contributed by atoms with E-state index in [1.54, 1.807) is 43.3 Å². The lowest BCUT2D eigenvalue weighted by molar-refractivity contribution is -0.384. The second-order valence-corrected chi connectivity index (χ2v) is 5.29. The molecule has 2 aromatic rings. The zero-order valence-corrected chi connectivity index (χ0v) is 14.1. The van der Waals surface area contributed by atoms with Gasteiger partial charge in [0.2, 0.25) is 0 Å². The van der Waals surface area contributed by atoms with Gasteiger partial charge in [-0.2, -0.15) is 5.10 Å². The molecule has 0 saturated carbocycles. The maximum absolute atomic E-state index is 12.3. The first-order valence-corrected chi connectivity index (χ1v) is 7.84. The van der Waals surface area contributed by atoms with Crippen LogP contribution in [0, 0.1) is 10.1 Å². The van der Waals surface area contributed by atoms with E-state index in [1.807, 2.05) is 6.92 Å². The Labute approximate surface area is 145 Å². The number of non-ortho nitro benzene ring substituents is 1. The molecule has 7 heteroatoms. The van der Waals surface area contributed by atoms with Gasteiger partial charge in [0, 0.05) is 17.7 Å². The average Bonchev–Trinajstić information content (AvgIpc) is 2.64. The van der Waals surface area contributed by atoms with Gasteiger partial charge < -0.3 is 4.74 Å². The summed E-state index contributed by atoms with van der Waals surface area (Å²) in [5.41, 5.74) is 3.83. The molecule has 130 valence electrons. The van der Waals surface area contributed by atoms with Gasteiger partial charge in [0.25, 0.3) is 11.6 Å². The van der Waals surface area contributed by atoms with Gasteiger partial charge in [-0.3, -0.25) is 14.9 Å². The molecule has 7 nitrogen and oxygen atoms in total. The first-order chi connectivity index (χ1) is 12.0. The third-order valence-corrected chi connectivity index (χ3v) is 3.39. The van der Waals surface area contributed by atoms with E-state index in [9.17, 15) is 14.9 Å². The maximum atomic E-state index is 12.3. The SMILES string of the molecule is CCCOc1ccccc1C(=O)N/N=C(\C)c1cccc([N+](=O)[O-])c1. The van der Waals surface area contributed by atoms with E-state index in [0.29, 0.717) is 29.2 Å². The van der Waals surface area contributed by atoms with Crippen molar-refractivity contribution >= 4 is 17.3 Å². The molecule has 1 N–H and O–H groups in total. The smallest absolute Gasteiger partial charge is 0.275 e. The number of rotatable bonds is 7. The summed E-state index contributed by atoms with van der Waals surface area (Å²) in [5.74, 6) is 0.0848. The molecular weight excluding hydrogens is 322 g/mol. The highest BCUT2D eigenvalue weighted by atomic mass is 16.6. The van der Waals surface area contributed by atoms with Crippen molar-refractivity contribution in [3.8, 4) is 5.75 Å². The van der Waals surface area contributed by atoms with Gasteiger partial charge in [-0.25, -0.2) is 5.43 Å². The standard InChI is InChI=1S/C18H19N3O4/c1-3-11-25-17-10-5-4-9-16(17)18(22)20-19-13(2)14-7-6-8-15(12-14)21(23)24/h4-10,12H,3,11H2,1-2H3,(H,20,22)/b19-13+. The van der Waals surface area contributed by atoms with E-state index >= 15 is 0 Å². The number of hydrogen-bond acceptors (Lipinski definition) is 5. The molecule has 0 spiro atoms. The van der Waals surface area contributed by atoms with Crippen LogP contribution in [0.15, 0.2) is 53.6 Å². The van der Waals surface area contributed by atoms with Crippen molar-refractivity contribution in [2.45, 2.75) is 20.3 Å². The zero-order valence-electron chi connectivity index (χ0n) is 14.1. The van der Waals surface area contributed by atoms with E-state index in [-0.39, 0.29) is 5.69 Å². The van der Waals surface area contributed by atoms with Crippen molar-refractivity contribution in [2.24, 2.45) is 5.10 Å². The second-order valence-electron chi connectivity index (χ2n) is 5.29. The van der Waals surface area contributed by atoms with Crippen molar-refractivity contribution in [3.63, 3.8) is 0 Å². The van der Waals surface area contributed by atoms with Gasteiger partial charge in [-0.15, -0.1) is 0 Å². The number of nitro benzene ring substituents is 1. The van der Waals surface area contributed by atoms with Crippen LogP contribution in [0.5, 0.6) is 5.75 Å². The van der Waals surface area contributed by atoms with Gasteiger partial charge in [0.1, 0.15) is 5.75 Å². The topological polar surface area (TPSA) is 93.8 Å². The molecule has 0 atom stereocenters. The number of benzene rings is 2. The van der Waals surface area contributed by atoms with Crippen molar-refractivity contribution in [1.82, 2.24) is 5.43 Å². The molecule has 2 rings (SSSR count). The normalized spacial score (nSPS) is 11.0. The number of nitrogens with zero attached hydrogens (tertiary/aromatic N) is 2. The van der Waals surface area contributed by atoms with Crippen LogP contribution >= 0.6 is 0 Å². The molecule has 0 saturated heterocycles. The van der Waals surface area contributed by atoms with Gasteiger partial charge in [-0.05, 0) is 25.5 Å². The fourth-order valence-corrected chi connectivity index (χ4v) is 2.10. The van der Waals surface area contributed by atoms with E-state index in [1.165, 1.54) is 12.1 Å². The summed E-state index contributed by atoms with van der Waals surface area (Å²) in [6, 6.07) is 13.0. The monoisotopic (exact) mass is 341 g/mol. The number of carbonyl (C=O) groups excluding carboxylic acids is 1. The Kier molecular flexibility index (Phi) is 6.22. The number of nitrogens with one attached hydrogen (secondary N) is 1. The van der Waals surface area contributed by atoms with E-state index < -0.39 is 10.8 Å². The molecule has 0 radical (unpaired) electrons. The Morgan fingerprint density at radius 2 is 2.00 bits per heavy atom. The summed E-state index contributed by atoms with van der Waals surface area (Å²) in [6.45, 7) is 4.16. The van der Waals surface area contributed by atoms with Crippen LogP contribution < -0.4 is 10.2 Å². The molecule has 0 aliphatic carbocycles. The minimum Gasteiger partial charge on any atom is -0.493 e. The Bertz CT molecular complexity index is 802. The van der Waals surface area contributed by atoms with Crippen molar-refractivity contribution < 1.29 is 14.5 Å². The lowest BCUT2D eigenvalue weighted by atomic mass is 10.1. The number of hydrogen-bond donors (Lipinski definition) is 1. The van der Waals surface area contributed by atoms with Gasteiger partial charge in [0.15, 0.2) is 0 Å². The minimum atomic E-state index is -0.476. The van der Waals surface area contributed by atoms with Crippen LogP contribution in [0.25, 0.3) is 0 Å².